The minimum absolute atomic E-state index is 0.0203. The first-order valence-corrected chi connectivity index (χ1v) is 9.81. The lowest BCUT2D eigenvalue weighted by molar-refractivity contribution is 0.269. The van der Waals surface area contributed by atoms with Crippen LogP contribution in [0.5, 0.6) is 0 Å². The quantitative estimate of drug-likeness (QED) is 0.767. The van der Waals surface area contributed by atoms with Crippen LogP contribution in [0.4, 0.5) is 5.69 Å². The summed E-state index contributed by atoms with van der Waals surface area (Å²) in [6, 6.07) is 14.2. The van der Waals surface area contributed by atoms with Gasteiger partial charge in [0, 0.05) is 17.3 Å². The number of sulfonamides is 1. The Hall–Kier alpha value is -2.64. The Balaban J connectivity index is 1.84. The lowest BCUT2D eigenvalue weighted by Crippen LogP contribution is -2.33. The van der Waals surface area contributed by atoms with Crippen LogP contribution in [0.3, 0.4) is 0 Å². The Morgan fingerprint density at radius 3 is 2.58 bits per heavy atom. The van der Waals surface area contributed by atoms with Gasteiger partial charge in [0.15, 0.2) is 0 Å². The molecular formula is C19H19N3O3S. The molecule has 0 atom stereocenters. The number of rotatable bonds is 4. The summed E-state index contributed by atoms with van der Waals surface area (Å²) in [5, 5.41) is 13.7. The van der Waals surface area contributed by atoms with Crippen molar-refractivity contribution < 1.29 is 13.5 Å². The molecule has 0 aliphatic carbocycles. The topological polar surface area (TPSA) is 75.4 Å². The highest BCUT2D eigenvalue weighted by Crippen LogP contribution is 2.40. The number of hydrogen-bond donors (Lipinski definition) is 1. The van der Waals surface area contributed by atoms with Gasteiger partial charge in [-0.25, -0.2) is 8.42 Å². The zero-order valence-corrected chi connectivity index (χ0v) is 15.1. The van der Waals surface area contributed by atoms with Crippen LogP contribution in [0.2, 0.25) is 0 Å². The van der Waals surface area contributed by atoms with Crippen LogP contribution in [-0.2, 0) is 23.1 Å². The smallest absolute Gasteiger partial charge is 0.264 e. The highest BCUT2D eigenvalue weighted by Gasteiger charge is 2.33. The fourth-order valence-electron chi connectivity index (χ4n) is 3.21. The molecule has 0 radical (unpaired) electrons. The number of aliphatic hydroxyl groups is 1. The first-order valence-electron chi connectivity index (χ1n) is 8.37. The van der Waals surface area contributed by atoms with Crippen molar-refractivity contribution in [1.29, 1.82) is 0 Å². The Bertz CT molecular complexity index is 1060. The molecule has 6 nitrogen and oxygen atoms in total. The van der Waals surface area contributed by atoms with E-state index < -0.39 is 10.0 Å². The van der Waals surface area contributed by atoms with E-state index >= 15 is 0 Å². The van der Waals surface area contributed by atoms with Gasteiger partial charge in [-0.1, -0.05) is 35.9 Å². The predicted octanol–water partition coefficient (Wildman–Crippen LogP) is 2.56. The van der Waals surface area contributed by atoms with E-state index in [2.05, 4.69) is 5.10 Å². The van der Waals surface area contributed by atoms with Crippen molar-refractivity contribution >= 4 is 15.7 Å². The fraction of sp³-hybridized carbons (Fsp3) is 0.211. The van der Waals surface area contributed by atoms with Gasteiger partial charge in [-0.05, 0) is 25.1 Å². The Labute approximate surface area is 152 Å². The molecule has 1 aromatic heterocycles. The Morgan fingerprint density at radius 2 is 1.85 bits per heavy atom. The van der Waals surface area contributed by atoms with Gasteiger partial charge in [-0.3, -0.25) is 8.99 Å². The molecule has 2 aromatic carbocycles. The predicted molar refractivity (Wildman–Crippen MR) is 99.3 cm³/mol. The summed E-state index contributed by atoms with van der Waals surface area (Å²) < 4.78 is 29.6. The lowest BCUT2D eigenvalue weighted by atomic mass is 10.0. The summed E-state index contributed by atoms with van der Waals surface area (Å²) in [4.78, 5) is 0.268. The molecule has 0 saturated heterocycles. The Kier molecular flexibility index (Phi) is 4.05. The molecule has 0 saturated carbocycles. The van der Waals surface area contributed by atoms with Crippen molar-refractivity contribution in [3.63, 3.8) is 0 Å². The third-order valence-electron chi connectivity index (χ3n) is 4.52. The van der Waals surface area contributed by atoms with Gasteiger partial charge in [0.1, 0.15) is 0 Å². The van der Waals surface area contributed by atoms with Crippen LogP contribution in [0, 0.1) is 6.92 Å². The second-order valence-corrected chi connectivity index (χ2v) is 8.19. The standard InChI is InChI=1S/C19H19N3O3S/c1-14-6-8-16(9-7-14)26(24,25)22-13-15-12-21(10-11-23)20-19(15)17-4-2-3-5-18(17)22/h2-9,12,23H,10-11,13H2,1H3. The maximum Gasteiger partial charge on any atom is 0.264 e. The summed E-state index contributed by atoms with van der Waals surface area (Å²) in [5.41, 5.74) is 4.00. The van der Waals surface area contributed by atoms with E-state index in [1.807, 2.05) is 25.1 Å². The van der Waals surface area contributed by atoms with Crippen LogP contribution < -0.4 is 4.31 Å². The van der Waals surface area contributed by atoms with Gasteiger partial charge in [0.2, 0.25) is 0 Å². The highest BCUT2D eigenvalue weighted by atomic mass is 32.2. The third-order valence-corrected chi connectivity index (χ3v) is 6.29. The molecule has 0 bridgehead atoms. The second kappa shape index (κ2) is 6.26. The number of para-hydroxylation sites is 1. The van der Waals surface area contributed by atoms with Gasteiger partial charge >= 0.3 is 0 Å². The first kappa shape index (κ1) is 16.8. The summed E-state index contributed by atoms with van der Waals surface area (Å²) in [5.74, 6) is 0. The third kappa shape index (κ3) is 2.69. The summed E-state index contributed by atoms with van der Waals surface area (Å²) in [6.07, 6.45) is 1.80. The Morgan fingerprint density at radius 1 is 1.12 bits per heavy atom. The van der Waals surface area contributed by atoms with E-state index in [-0.39, 0.29) is 18.0 Å². The van der Waals surface area contributed by atoms with Crippen LogP contribution in [0.15, 0.2) is 59.6 Å². The van der Waals surface area contributed by atoms with Crippen LogP contribution in [0.25, 0.3) is 11.3 Å². The zero-order chi connectivity index (χ0) is 18.3. The lowest BCUT2D eigenvalue weighted by Gasteiger charge is -2.29. The monoisotopic (exact) mass is 369 g/mol. The number of nitrogens with zero attached hydrogens (tertiary/aromatic N) is 3. The molecule has 26 heavy (non-hydrogen) atoms. The molecular weight excluding hydrogens is 350 g/mol. The van der Waals surface area contributed by atoms with Crippen LogP contribution >= 0.6 is 0 Å². The van der Waals surface area contributed by atoms with Crippen molar-refractivity contribution in [1.82, 2.24) is 9.78 Å². The molecule has 0 fully saturated rings. The van der Waals surface area contributed by atoms with Crippen LogP contribution in [-0.4, -0.2) is 29.9 Å². The molecule has 7 heteroatoms. The maximum atomic E-state index is 13.3. The molecule has 1 N–H and O–H groups in total. The van der Waals surface area contributed by atoms with Gasteiger partial charge in [-0.15, -0.1) is 0 Å². The van der Waals surface area contributed by atoms with Gasteiger partial charge in [0.05, 0.1) is 36.0 Å². The van der Waals surface area contributed by atoms with Crippen LogP contribution in [0.1, 0.15) is 11.1 Å². The summed E-state index contributed by atoms with van der Waals surface area (Å²) >= 11 is 0. The van der Waals surface area contributed by atoms with Gasteiger partial charge in [0.25, 0.3) is 10.0 Å². The second-order valence-electron chi connectivity index (χ2n) is 6.33. The number of benzene rings is 2. The number of aromatic nitrogens is 2. The van der Waals surface area contributed by atoms with Crippen molar-refractivity contribution in [2.24, 2.45) is 0 Å². The van der Waals surface area contributed by atoms with Crippen molar-refractivity contribution in [2.45, 2.75) is 24.9 Å². The van der Waals surface area contributed by atoms with E-state index in [0.29, 0.717) is 12.2 Å². The van der Waals surface area contributed by atoms with E-state index in [4.69, 9.17) is 5.11 Å². The average Bonchev–Trinajstić information content (AvgIpc) is 3.04. The minimum atomic E-state index is -3.69. The number of aliphatic hydroxyl groups excluding tert-OH is 1. The fourth-order valence-corrected chi connectivity index (χ4v) is 4.67. The minimum Gasteiger partial charge on any atom is -0.394 e. The number of aryl methyl sites for hydroxylation is 1. The number of hydrogen-bond acceptors (Lipinski definition) is 4. The van der Waals surface area contributed by atoms with E-state index in [1.54, 1.807) is 41.2 Å². The SMILES string of the molecule is Cc1ccc(S(=O)(=O)N2Cc3cn(CCO)nc3-c3ccccc32)cc1. The largest absolute Gasteiger partial charge is 0.394 e. The molecule has 3 aromatic rings. The van der Waals surface area contributed by atoms with Crippen molar-refractivity contribution in [3.8, 4) is 11.3 Å². The number of fused-ring (bicyclic) bond motifs is 3. The van der Waals surface area contributed by atoms with Crippen molar-refractivity contribution in [2.75, 3.05) is 10.9 Å². The number of anilines is 1. The molecule has 0 amide bonds. The molecule has 134 valence electrons. The van der Waals surface area contributed by atoms with Gasteiger partial charge < -0.3 is 5.11 Å². The molecule has 2 heterocycles. The summed E-state index contributed by atoms with van der Waals surface area (Å²) in [6.45, 7) is 2.50. The summed E-state index contributed by atoms with van der Waals surface area (Å²) in [7, 11) is -3.69. The van der Waals surface area contributed by atoms with E-state index in [1.165, 1.54) is 4.31 Å². The highest BCUT2D eigenvalue weighted by molar-refractivity contribution is 7.92. The van der Waals surface area contributed by atoms with Crippen molar-refractivity contribution in [3.05, 3.63) is 65.9 Å². The molecule has 0 spiro atoms. The normalized spacial score (nSPS) is 13.4. The molecule has 0 unspecified atom stereocenters. The first-order chi connectivity index (χ1) is 12.5. The van der Waals surface area contributed by atoms with E-state index in [0.717, 1.165) is 22.4 Å². The van der Waals surface area contributed by atoms with E-state index in [9.17, 15) is 8.42 Å². The molecule has 1 aliphatic rings. The zero-order valence-electron chi connectivity index (χ0n) is 14.3. The maximum absolute atomic E-state index is 13.3. The molecule has 1 aliphatic heterocycles. The molecule has 4 rings (SSSR count). The van der Waals surface area contributed by atoms with Gasteiger partial charge in [-0.2, -0.15) is 5.10 Å². The average molecular weight is 369 g/mol.